The average molecular weight is 613 g/mol. The Morgan fingerprint density at radius 3 is 1.84 bits per heavy atom. The van der Waals surface area contributed by atoms with Gasteiger partial charge in [0.05, 0.1) is 35.0 Å². The summed E-state index contributed by atoms with van der Waals surface area (Å²) in [6.45, 7) is 2.16. The lowest BCUT2D eigenvalue weighted by atomic mass is 9.81. The summed E-state index contributed by atoms with van der Waals surface area (Å²) in [5, 5.41) is 7.12. The van der Waals surface area contributed by atoms with E-state index in [1.54, 1.807) is 11.1 Å². The van der Waals surface area contributed by atoms with E-state index in [2.05, 4.69) is 80.2 Å². The summed E-state index contributed by atoms with van der Waals surface area (Å²) in [7, 11) is 0. The molecule has 10 nitrogen and oxygen atoms in total. The van der Waals surface area contributed by atoms with Crippen LogP contribution < -0.4 is 10.6 Å². The van der Waals surface area contributed by atoms with Crippen molar-refractivity contribution in [2.24, 2.45) is 0 Å². The van der Waals surface area contributed by atoms with Crippen molar-refractivity contribution in [3.8, 4) is 33.5 Å². The Bertz CT molecular complexity index is 1770. The van der Waals surface area contributed by atoms with Crippen LogP contribution in [0.3, 0.4) is 0 Å². The quantitative estimate of drug-likeness (QED) is 0.230. The maximum absolute atomic E-state index is 4.92. The standard InChI is InChI=1S/C35H36N6.4H2O/c1-3-28(36-15-1)34-38-19-31(41-34)21-7-5-20(6-8-21)25-12-13-26(33-24-10-9-23(17-24)32(25)33)22-11-14-27-30(18-22)40-35(39-27)29-4-2-16-37-29;;;;/h5-8,11-14,18-19,23-24,28-29,36-37H,1-4,9-10,15-17H2,(H,38,41)(H,39,40);4*1H2/t23-,24+,28+,29+;;;;/m1..../s1. The van der Waals surface area contributed by atoms with Gasteiger partial charge in [0.15, 0.2) is 0 Å². The van der Waals surface area contributed by atoms with Crippen LogP contribution >= 0.6 is 0 Å². The van der Waals surface area contributed by atoms with Crippen LogP contribution in [0.15, 0.2) is 60.8 Å². The third-order valence-electron chi connectivity index (χ3n) is 10.2. The van der Waals surface area contributed by atoms with E-state index in [1.807, 2.05) is 6.20 Å². The molecule has 2 aromatic heterocycles. The fraction of sp³-hybridized carbons (Fsp3) is 0.371. The number of H-pyrrole nitrogens is 2. The lowest BCUT2D eigenvalue weighted by molar-refractivity contribution is 0.613. The Morgan fingerprint density at radius 2 is 1.20 bits per heavy atom. The first kappa shape index (κ1) is 32.5. The molecule has 2 aliphatic carbocycles. The molecule has 12 N–H and O–H groups in total. The van der Waals surface area contributed by atoms with Gasteiger partial charge in [-0.25, -0.2) is 9.97 Å². The minimum atomic E-state index is 0. The molecule has 0 amide bonds. The van der Waals surface area contributed by atoms with Gasteiger partial charge >= 0.3 is 0 Å². The topological polar surface area (TPSA) is 207 Å². The molecule has 45 heavy (non-hydrogen) atoms. The molecule has 0 spiro atoms. The molecular weight excluding hydrogens is 568 g/mol. The van der Waals surface area contributed by atoms with Crippen LogP contribution in [-0.2, 0) is 0 Å². The third-order valence-corrected chi connectivity index (χ3v) is 10.2. The molecule has 5 aromatic rings. The van der Waals surface area contributed by atoms with E-state index in [9.17, 15) is 0 Å². The number of hydrogen-bond acceptors (Lipinski definition) is 4. The minimum Gasteiger partial charge on any atom is -0.412 e. The van der Waals surface area contributed by atoms with Crippen molar-refractivity contribution in [1.29, 1.82) is 0 Å². The zero-order chi connectivity index (χ0) is 26.9. The third kappa shape index (κ3) is 5.37. The maximum Gasteiger partial charge on any atom is 0.124 e. The van der Waals surface area contributed by atoms with Crippen LogP contribution in [0, 0.1) is 0 Å². The van der Waals surface area contributed by atoms with E-state index in [1.165, 1.54) is 59.9 Å². The van der Waals surface area contributed by atoms with Gasteiger partial charge < -0.3 is 42.5 Å². The van der Waals surface area contributed by atoms with Gasteiger partial charge in [-0.3, -0.25) is 0 Å². The van der Waals surface area contributed by atoms with Gasteiger partial charge in [0.2, 0.25) is 0 Å². The zero-order valence-corrected chi connectivity index (χ0v) is 25.3. The molecule has 1 saturated carbocycles. The van der Waals surface area contributed by atoms with Crippen molar-refractivity contribution in [2.75, 3.05) is 13.1 Å². The summed E-state index contributed by atoms with van der Waals surface area (Å²) in [5.41, 5.74) is 13.2. The molecule has 2 aliphatic heterocycles. The number of benzene rings is 3. The second-order valence-corrected chi connectivity index (χ2v) is 12.6. The van der Waals surface area contributed by atoms with Crippen LogP contribution in [0.1, 0.15) is 91.6 Å². The van der Waals surface area contributed by atoms with E-state index >= 15 is 0 Å². The molecule has 3 aromatic carbocycles. The van der Waals surface area contributed by atoms with Crippen molar-refractivity contribution in [2.45, 2.75) is 68.9 Å². The molecule has 4 heterocycles. The average Bonchev–Trinajstić information content (AvgIpc) is 3.86. The van der Waals surface area contributed by atoms with Crippen molar-refractivity contribution in [3.63, 3.8) is 0 Å². The van der Waals surface area contributed by atoms with Crippen molar-refractivity contribution in [1.82, 2.24) is 30.6 Å². The SMILES string of the molecule is O.O.O.O.c1cc(-c2ccc(-c3ccc4nc([C@@H]5CCCN5)[nH]c4c3)c3c2[C@@H]2CC[C@H]3C2)ccc1-c1cnc([C@@H]2CCCN2)[nH]1. The normalized spacial score (nSPS) is 22.8. The lowest BCUT2D eigenvalue weighted by Gasteiger charge is -2.23. The van der Waals surface area contributed by atoms with E-state index in [4.69, 9.17) is 4.98 Å². The zero-order valence-electron chi connectivity index (χ0n) is 25.3. The fourth-order valence-electron chi connectivity index (χ4n) is 8.21. The molecule has 2 bridgehead atoms. The number of hydrogen-bond donors (Lipinski definition) is 4. The number of nitrogens with zero attached hydrogens (tertiary/aromatic N) is 2. The number of aromatic nitrogens is 4. The Balaban J connectivity index is 0.00000100. The van der Waals surface area contributed by atoms with Gasteiger partial charge in [0.1, 0.15) is 11.6 Å². The number of nitrogens with one attached hydrogen (secondary N) is 4. The largest absolute Gasteiger partial charge is 0.412 e. The second kappa shape index (κ2) is 12.8. The van der Waals surface area contributed by atoms with Crippen LogP contribution in [0.5, 0.6) is 0 Å². The van der Waals surface area contributed by atoms with Crippen molar-refractivity contribution < 1.29 is 21.9 Å². The monoisotopic (exact) mass is 612 g/mol. The van der Waals surface area contributed by atoms with Gasteiger partial charge in [-0.1, -0.05) is 42.5 Å². The Labute approximate surface area is 262 Å². The van der Waals surface area contributed by atoms with Gasteiger partial charge in [0, 0.05) is 0 Å². The Morgan fingerprint density at radius 1 is 0.600 bits per heavy atom. The summed E-state index contributed by atoms with van der Waals surface area (Å²) in [6, 6.07) is 21.4. The molecule has 3 fully saturated rings. The Hall–Kier alpha value is -3.90. The second-order valence-electron chi connectivity index (χ2n) is 12.6. The smallest absolute Gasteiger partial charge is 0.124 e. The van der Waals surface area contributed by atoms with E-state index in [-0.39, 0.29) is 21.9 Å². The number of aromatic amines is 2. The highest BCUT2D eigenvalue weighted by Crippen LogP contribution is 2.58. The highest BCUT2D eigenvalue weighted by molar-refractivity contribution is 5.86. The molecule has 4 atom stereocenters. The van der Waals surface area contributed by atoms with Crippen molar-refractivity contribution >= 4 is 11.0 Å². The fourth-order valence-corrected chi connectivity index (χ4v) is 8.21. The van der Waals surface area contributed by atoms with E-state index in [0.717, 1.165) is 54.3 Å². The summed E-state index contributed by atoms with van der Waals surface area (Å²) in [4.78, 5) is 16.8. The van der Waals surface area contributed by atoms with Gasteiger partial charge in [-0.05, 0) is 121 Å². The first-order valence-electron chi connectivity index (χ1n) is 15.6. The van der Waals surface area contributed by atoms with Crippen LogP contribution in [0.4, 0.5) is 0 Å². The van der Waals surface area contributed by atoms with Crippen LogP contribution in [0.2, 0.25) is 0 Å². The molecule has 2 saturated heterocycles. The maximum atomic E-state index is 4.92. The first-order valence-corrected chi connectivity index (χ1v) is 15.6. The number of imidazole rings is 2. The summed E-state index contributed by atoms with van der Waals surface area (Å²) < 4.78 is 0. The van der Waals surface area contributed by atoms with E-state index in [0.29, 0.717) is 23.9 Å². The predicted molar refractivity (Wildman–Crippen MR) is 178 cm³/mol. The highest BCUT2D eigenvalue weighted by Gasteiger charge is 2.40. The lowest BCUT2D eigenvalue weighted by Crippen LogP contribution is -2.14. The van der Waals surface area contributed by atoms with Crippen LogP contribution in [-0.4, -0.2) is 54.9 Å². The molecule has 4 aliphatic rings. The van der Waals surface area contributed by atoms with Gasteiger partial charge in [-0.15, -0.1) is 0 Å². The van der Waals surface area contributed by atoms with Gasteiger partial charge in [-0.2, -0.15) is 0 Å². The first-order chi connectivity index (χ1) is 20.3. The molecule has 0 radical (unpaired) electrons. The Kier molecular flexibility index (Phi) is 9.27. The summed E-state index contributed by atoms with van der Waals surface area (Å²) >= 11 is 0. The summed E-state index contributed by atoms with van der Waals surface area (Å²) in [6.07, 6.45) is 10.7. The molecule has 10 heteroatoms. The van der Waals surface area contributed by atoms with Gasteiger partial charge in [0.25, 0.3) is 0 Å². The minimum absolute atomic E-state index is 0. The molecule has 9 rings (SSSR count). The highest BCUT2D eigenvalue weighted by atomic mass is 16.0. The van der Waals surface area contributed by atoms with Crippen LogP contribution in [0.25, 0.3) is 44.5 Å². The predicted octanol–water partition coefficient (Wildman–Crippen LogP) is 4.20. The number of fused-ring (bicyclic) bond motifs is 6. The van der Waals surface area contributed by atoms with E-state index < -0.39 is 0 Å². The number of rotatable bonds is 5. The summed E-state index contributed by atoms with van der Waals surface area (Å²) in [5.74, 6) is 3.49. The molecule has 0 unspecified atom stereocenters. The molecule has 238 valence electrons. The van der Waals surface area contributed by atoms with Crippen molar-refractivity contribution in [3.05, 3.63) is 83.6 Å². The molecular formula is C35H44N6O4.